The summed E-state index contributed by atoms with van der Waals surface area (Å²) in [4.78, 5) is 29.0. The Morgan fingerprint density at radius 3 is 2.25 bits per heavy atom. The van der Waals surface area contributed by atoms with Crippen molar-refractivity contribution in [2.45, 2.75) is 19.4 Å². The maximum absolute atomic E-state index is 14.3. The van der Waals surface area contributed by atoms with Gasteiger partial charge in [-0.25, -0.2) is 9.18 Å². The minimum Gasteiger partial charge on any atom is -0.494 e. The fourth-order valence-corrected chi connectivity index (χ4v) is 4.34. The fourth-order valence-electron chi connectivity index (χ4n) is 4.34. The van der Waals surface area contributed by atoms with Gasteiger partial charge in [0.15, 0.2) is 0 Å². The van der Waals surface area contributed by atoms with Gasteiger partial charge < -0.3 is 19.9 Å². The van der Waals surface area contributed by atoms with Gasteiger partial charge >= 0.3 is 5.97 Å². The number of carbonyl (C=O) groups is 2. The zero-order valence-corrected chi connectivity index (χ0v) is 20.0. The van der Waals surface area contributed by atoms with Crippen LogP contribution in [0.3, 0.4) is 0 Å². The van der Waals surface area contributed by atoms with Crippen LogP contribution >= 0.6 is 0 Å². The summed E-state index contributed by atoms with van der Waals surface area (Å²) in [6.07, 6.45) is 3.20. The number of hydrogen-bond acceptors (Lipinski definition) is 5. The highest BCUT2D eigenvalue weighted by molar-refractivity contribution is 6.01. The largest absolute Gasteiger partial charge is 0.494 e. The number of aliphatic carboxylic acids is 1. The number of nitrogens with zero attached hydrogens (tertiary/aromatic N) is 1. The van der Waals surface area contributed by atoms with Gasteiger partial charge in [-0.15, -0.1) is 0 Å². The summed E-state index contributed by atoms with van der Waals surface area (Å²) in [5.74, 6) is -1.63. The van der Waals surface area contributed by atoms with Crippen LogP contribution in [0.2, 0.25) is 0 Å². The van der Waals surface area contributed by atoms with Gasteiger partial charge in [-0.2, -0.15) is 0 Å². The number of aryl methyl sites for hydroxylation is 1. The Morgan fingerprint density at radius 2 is 1.61 bits per heavy atom. The first-order valence-corrected chi connectivity index (χ1v) is 11.2. The molecule has 4 aromatic rings. The molecule has 0 fully saturated rings. The van der Waals surface area contributed by atoms with Crippen molar-refractivity contribution >= 4 is 22.6 Å². The number of hydrogen-bond donors (Lipinski definition) is 2. The first-order valence-electron chi connectivity index (χ1n) is 11.2. The van der Waals surface area contributed by atoms with Crippen molar-refractivity contribution in [3.8, 4) is 22.6 Å². The lowest BCUT2D eigenvalue weighted by Gasteiger charge is -2.18. The average molecular weight is 489 g/mol. The molecular formula is C28H25FN2O5. The molecule has 3 aromatic carbocycles. The highest BCUT2D eigenvalue weighted by atomic mass is 19.1. The number of carbonyl (C=O) groups excluding carboxylic acids is 1. The van der Waals surface area contributed by atoms with Gasteiger partial charge in [0.05, 0.1) is 37.7 Å². The van der Waals surface area contributed by atoms with Crippen LogP contribution < -0.4 is 14.8 Å². The fraction of sp³-hybridized carbons (Fsp3) is 0.179. The Bertz CT molecular complexity index is 1410. The minimum atomic E-state index is -1.27. The number of aromatic nitrogens is 1. The molecule has 1 heterocycles. The summed E-state index contributed by atoms with van der Waals surface area (Å²) in [5.41, 5.74) is 2.51. The molecule has 1 aromatic heterocycles. The Labute approximate surface area is 207 Å². The van der Waals surface area contributed by atoms with Gasteiger partial charge in [0.2, 0.25) is 0 Å². The molecule has 184 valence electrons. The zero-order valence-electron chi connectivity index (χ0n) is 20.0. The molecule has 0 saturated carbocycles. The van der Waals surface area contributed by atoms with Crippen LogP contribution in [0.15, 0.2) is 67.0 Å². The number of carboxylic acid groups (broad SMARTS) is 1. The molecule has 36 heavy (non-hydrogen) atoms. The second-order valence-electron chi connectivity index (χ2n) is 8.24. The van der Waals surface area contributed by atoms with Gasteiger partial charge in [0.25, 0.3) is 5.91 Å². The highest BCUT2D eigenvalue weighted by Crippen LogP contribution is 2.41. The SMILES string of the molecule is COc1cncc(OC)c1-c1cccc2c(C[C@H](NC(=O)c3c(C)cccc3F)C(=O)O)cccc12. The van der Waals surface area contributed by atoms with Crippen LogP contribution in [-0.2, 0) is 11.2 Å². The van der Waals surface area contributed by atoms with Crippen molar-refractivity contribution in [2.24, 2.45) is 0 Å². The lowest BCUT2D eigenvalue weighted by atomic mass is 9.93. The average Bonchev–Trinajstić information content (AvgIpc) is 2.87. The number of ether oxygens (including phenoxy) is 2. The number of nitrogens with one attached hydrogen (secondary N) is 1. The molecule has 0 saturated heterocycles. The minimum absolute atomic E-state index is 0.0000179. The quantitative estimate of drug-likeness (QED) is 0.370. The van der Waals surface area contributed by atoms with E-state index < -0.39 is 23.7 Å². The van der Waals surface area contributed by atoms with E-state index >= 15 is 0 Å². The zero-order chi connectivity index (χ0) is 25.8. The molecule has 0 bridgehead atoms. The summed E-state index contributed by atoms with van der Waals surface area (Å²) in [5, 5.41) is 14.0. The normalized spacial score (nSPS) is 11.7. The van der Waals surface area contributed by atoms with Crippen LogP contribution in [0.4, 0.5) is 4.39 Å². The summed E-state index contributed by atoms with van der Waals surface area (Å²) in [6.45, 7) is 1.60. The molecular weight excluding hydrogens is 463 g/mol. The van der Waals surface area contributed by atoms with Gasteiger partial charge in [-0.1, -0.05) is 48.5 Å². The standard InChI is InChI=1S/C28H25FN2O5/c1-16-7-4-12-21(29)25(16)27(32)31-22(28(33)34)13-17-8-5-10-19-18(17)9-6-11-20(19)26-23(35-2)14-30-15-24(26)36-3/h4-12,14-15,22H,13H2,1-3H3,(H,31,32)(H,33,34)/t22-/m0/s1. The van der Waals surface area contributed by atoms with E-state index in [0.717, 1.165) is 21.9 Å². The van der Waals surface area contributed by atoms with Crippen LogP contribution in [0.25, 0.3) is 21.9 Å². The molecule has 1 atom stereocenters. The third kappa shape index (κ3) is 4.70. The van der Waals surface area contributed by atoms with Crippen molar-refractivity contribution in [1.82, 2.24) is 10.3 Å². The molecule has 8 heteroatoms. The summed E-state index contributed by atoms with van der Waals surface area (Å²) < 4.78 is 25.3. The van der Waals surface area contributed by atoms with Gasteiger partial charge in [0.1, 0.15) is 23.4 Å². The number of fused-ring (bicyclic) bond motifs is 1. The van der Waals surface area contributed by atoms with Gasteiger partial charge in [0, 0.05) is 6.42 Å². The third-order valence-corrected chi connectivity index (χ3v) is 6.07. The molecule has 0 radical (unpaired) electrons. The van der Waals surface area contributed by atoms with Gasteiger partial charge in [-0.3, -0.25) is 9.78 Å². The van der Waals surface area contributed by atoms with Crippen molar-refractivity contribution in [3.63, 3.8) is 0 Å². The van der Waals surface area contributed by atoms with Crippen molar-refractivity contribution in [2.75, 3.05) is 14.2 Å². The molecule has 7 nitrogen and oxygen atoms in total. The monoisotopic (exact) mass is 488 g/mol. The molecule has 0 aliphatic carbocycles. The predicted molar refractivity (Wildman–Crippen MR) is 134 cm³/mol. The van der Waals surface area contributed by atoms with E-state index in [2.05, 4.69) is 10.3 Å². The van der Waals surface area contributed by atoms with E-state index in [1.165, 1.54) is 12.1 Å². The molecule has 0 aliphatic heterocycles. The Hall–Kier alpha value is -4.46. The number of benzene rings is 3. The van der Waals surface area contributed by atoms with Gasteiger partial charge in [-0.05, 0) is 40.5 Å². The lowest BCUT2D eigenvalue weighted by Crippen LogP contribution is -2.42. The Kier molecular flexibility index (Phi) is 7.15. The predicted octanol–water partition coefficient (Wildman–Crippen LogP) is 4.79. The highest BCUT2D eigenvalue weighted by Gasteiger charge is 2.25. The molecule has 0 aliphatic rings. The van der Waals surface area contributed by atoms with E-state index in [-0.39, 0.29) is 12.0 Å². The maximum atomic E-state index is 14.3. The molecule has 1 amide bonds. The number of pyridine rings is 1. The maximum Gasteiger partial charge on any atom is 0.326 e. The van der Waals surface area contributed by atoms with E-state index in [4.69, 9.17) is 9.47 Å². The van der Waals surface area contributed by atoms with Crippen molar-refractivity contribution < 1.29 is 28.6 Å². The number of carboxylic acids is 1. The number of rotatable bonds is 8. The summed E-state index contributed by atoms with van der Waals surface area (Å²) in [7, 11) is 3.10. The van der Waals surface area contributed by atoms with E-state index in [9.17, 15) is 19.1 Å². The van der Waals surface area contributed by atoms with E-state index in [1.807, 2.05) is 36.4 Å². The number of methoxy groups -OCH3 is 2. The third-order valence-electron chi connectivity index (χ3n) is 6.07. The molecule has 4 rings (SSSR count). The second-order valence-corrected chi connectivity index (χ2v) is 8.24. The smallest absolute Gasteiger partial charge is 0.326 e. The number of halogens is 1. The van der Waals surface area contributed by atoms with E-state index in [1.54, 1.807) is 39.6 Å². The van der Waals surface area contributed by atoms with E-state index in [0.29, 0.717) is 22.6 Å². The second kappa shape index (κ2) is 10.4. The molecule has 0 spiro atoms. The Morgan fingerprint density at radius 1 is 0.972 bits per heavy atom. The lowest BCUT2D eigenvalue weighted by molar-refractivity contribution is -0.139. The van der Waals surface area contributed by atoms with Crippen LogP contribution in [0, 0.1) is 12.7 Å². The topological polar surface area (TPSA) is 97.8 Å². The first-order chi connectivity index (χ1) is 17.3. The number of amides is 1. The van der Waals surface area contributed by atoms with Crippen LogP contribution in [-0.4, -0.2) is 42.2 Å². The van der Waals surface area contributed by atoms with Crippen LogP contribution in [0.5, 0.6) is 11.5 Å². The molecule has 0 unspecified atom stereocenters. The van der Waals surface area contributed by atoms with Crippen molar-refractivity contribution in [1.29, 1.82) is 0 Å². The Balaban J connectivity index is 1.74. The first kappa shape index (κ1) is 24.7. The molecule has 2 N–H and O–H groups in total. The summed E-state index contributed by atoms with van der Waals surface area (Å²) >= 11 is 0. The van der Waals surface area contributed by atoms with Crippen LogP contribution in [0.1, 0.15) is 21.5 Å². The van der Waals surface area contributed by atoms with Crippen molar-refractivity contribution in [3.05, 3.63) is 89.5 Å². The summed E-state index contributed by atoms with van der Waals surface area (Å²) in [6, 6.07) is 14.2.